The average molecular weight is 304 g/mol. The van der Waals surface area contributed by atoms with E-state index in [-0.39, 0.29) is 0 Å². The fourth-order valence-electron chi connectivity index (χ4n) is 2.26. The Kier molecular flexibility index (Phi) is 5.76. The van der Waals surface area contributed by atoms with Gasteiger partial charge in [0, 0.05) is 17.8 Å². The van der Waals surface area contributed by atoms with Crippen LogP contribution in [0.2, 0.25) is 0 Å². The third-order valence-corrected chi connectivity index (χ3v) is 4.66. The molecule has 0 saturated carbocycles. The Morgan fingerprint density at radius 2 is 1.90 bits per heavy atom. The predicted octanol–water partition coefficient (Wildman–Crippen LogP) is 3.80. The fraction of sp³-hybridized carbons (Fsp3) is 0.471. The Morgan fingerprint density at radius 1 is 1.19 bits per heavy atom. The molecule has 3 nitrogen and oxygen atoms in total. The van der Waals surface area contributed by atoms with Gasteiger partial charge in [-0.25, -0.2) is 4.98 Å². The molecule has 0 aliphatic carbocycles. The summed E-state index contributed by atoms with van der Waals surface area (Å²) in [7, 11) is 0. The van der Waals surface area contributed by atoms with E-state index in [2.05, 4.69) is 56.2 Å². The summed E-state index contributed by atoms with van der Waals surface area (Å²) in [6.45, 7) is 11.0. The molecule has 1 heterocycles. The molecule has 0 amide bonds. The van der Waals surface area contributed by atoms with Gasteiger partial charge in [-0.2, -0.15) is 0 Å². The van der Waals surface area contributed by atoms with Gasteiger partial charge in [-0.05, 0) is 38.4 Å². The van der Waals surface area contributed by atoms with Crippen molar-refractivity contribution in [1.29, 1.82) is 0 Å². The first kappa shape index (κ1) is 16.0. The summed E-state index contributed by atoms with van der Waals surface area (Å²) in [5.74, 6) is 1.01. The van der Waals surface area contributed by atoms with Gasteiger partial charge in [0.25, 0.3) is 0 Å². The summed E-state index contributed by atoms with van der Waals surface area (Å²) in [5, 5.41) is 4.51. The second kappa shape index (κ2) is 7.57. The van der Waals surface area contributed by atoms with E-state index in [9.17, 15) is 0 Å². The van der Waals surface area contributed by atoms with Crippen molar-refractivity contribution >= 4 is 11.3 Å². The number of para-hydroxylation sites is 1. The number of rotatable bonds is 7. The lowest BCUT2D eigenvalue weighted by Gasteiger charge is -2.10. The monoisotopic (exact) mass is 304 g/mol. The summed E-state index contributed by atoms with van der Waals surface area (Å²) in [4.78, 5) is 5.97. The van der Waals surface area contributed by atoms with Crippen LogP contribution in [0.25, 0.3) is 0 Å². The number of benzene rings is 1. The molecule has 4 heteroatoms. The molecule has 1 aromatic heterocycles. The molecule has 0 spiro atoms. The molecule has 0 bridgehead atoms. The van der Waals surface area contributed by atoms with Crippen LogP contribution in [0.15, 0.2) is 18.2 Å². The molecule has 0 radical (unpaired) electrons. The van der Waals surface area contributed by atoms with E-state index in [4.69, 9.17) is 4.74 Å². The zero-order chi connectivity index (χ0) is 15.2. The first-order chi connectivity index (χ1) is 10.1. The Morgan fingerprint density at radius 3 is 2.57 bits per heavy atom. The van der Waals surface area contributed by atoms with Gasteiger partial charge in [0.2, 0.25) is 0 Å². The van der Waals surface area contributed by atoms with E-state index < -0.39 is 0 Å². The fourth-order valence-corrected chi connectivity index (χ4v) is 3.28. The highest BCUT2D eigenvalue weighted by Crippen LogP contribution is 2.23. The third kappa shape index (κ3) is 4.29. The Hall–Kier alpha value is -1.39. The normalized spacial score (nSPS) is 10.9. The zero-order valence-electron chi connectivity index (χ0n) is 13.3. The Balaban J connectivity index is 1.91. The van der Waals surface area contributed by atoms with Crippen molar-refractivity contribution in [2.45, 2.75) is 40.7 Å². The number of ether oxygens (including phenoxy) is 1. The van der Waals surface area contributed by atoms with Crippen molar-refractivity contribution in [3.05, 3.63) is 44.9 Å². The SMILES string of the molecule is CCNCc1sc(CCOc2c(C)cccc2C)nc1C. The second-order valence-electron chi connectivity index (χ2n) is 5.22. The lowest BCUT2D eigenvalue weighted by atomic mass is 10.1. The number of hydrogen-bond acceptors (Lipinski definition) is 4. The topological polar surface area (TPSA) is 34.1 Å². The maximum atomic E-state index is 5.95. The van der Waals surface area contributed by atoms with Crippen LogP contribution in [0.4, 0.5) is 0 Å². The molecule has 0 aliphatic rings. The van der Waals surface area contributed by atoms with E-state index in [1.54, 1.807) is 11.3 Å². The highest BCUT2D eigenvalue weighted by atomic mass is 32.1. The predicted molar refractivity (Wildman–Crippen MR) is 89.3 cm³/mol. The lowest BCUT2D eigenvalue weighted by molar-refractivity contribution is 0.317. The number of aryl methyl sites for hydroxylation is 3. The molecule has 2 rings (SSSR count). The largest absolute Gasteiger partial charge is 0.493 e. The second-order valence-corrected chi connectivity index (χ2v) is 6.38. The third-order valence-electron chi connectivity index (χ3n) is 3.44. The van der Waals surface area contributed by atoms with Crippen LogP contribution in [0.1, 0.15) is 33.6 Å². The maximum Gasteiger partial charge on any atom is 0.125 e. The first-order valence-electron chi connectivity index (χ1n) is 7.46. The van der Waals surface area contributed by atoms with Crippen molar-refractivity contribution in [3.63, 3.8) is 0 Å². The minimum Gasteiger partial charge on any atom is -0.493 e. The molecule has 114 valence electrons. The van der Waals surface area contributed by atoms with Crippen molar-refractivity contribution in [3.8, 4) is 5.75 Å². The standard InChI is InChI=1S/C17H24N2OS/c1-5-18-11-15-14(4)19-16(21-15)9-10-20-17-12(2)7-6-8-13(17)3/h6-8,18H,5,9-11H2,1-4H3. The molecule has 0 saturated heterocycles. The van der Waals surface area contributed by atoms with Crippen molar-refractivity contribution in [1.82, 2.24) is 10.3 Å². The average Bonchev–Trinajstić information content (AvgIpc) is 2.80. The van der Waals surface area contributed by atoms with Gasteiger partial charge in [-0.15, -0.1) is 11.3 Å². The van der Waals surface area contributed by atoms with E-state index in [0.717, 1.165) is 36.0 Å². The maximum absolute atomic E-state index is 5.95. The molecule has 0 fully saturated rings. The van der Waals surface area contributed by atoms with Gasteiger partial charge in [0.1, 0.15) is 5.75 Å². The van der Waals surface area contributed by atoms with Crippen molar-refractivity contribution in [2.75, 3.05) is 13.2 Å². The zero-order valence-corrected chi connectivity index (χ0v) is 14.1. The van der Waals surface area contributed by atoms with Crippen LogP contribution < -0.4 is 10.1 Å². The van der Waals surface area contributed by atoms with E-state index >= 15 is 0 Å². The Bertz CT molecular complexity index is 572. The van der Waals surface area contributed by atoms with E-state index in [1.165, 1.54) is 16.0 Å². The Labute approximate surface area is 131 Å². The summed E-state index contributed by atoms with van der Waals surface area (Å²) in [6.07, 6.45) is 0.866. The molecular weight excluding hydrogens is 280 g/mol. The van der Waals surface area contributed by atoms with Gasteiger partial charge in [0.15, 0.2) is 0 Å². The smallest absolute Gasteiger partial charge is 0.125 e. The van der Waals surface area contributed by atoms with Gasteiger partial charge in [-0.1, -0.05) is 25.1 Å². The van der Waals surface area contributed by atoms with Gasteiger partial charge >= 0.3 is 0 Å². The molecule has 21 heavy (non-hydrogen) atoms. The van der Waals surface area contributed by atoms with Gasteiger partial charge < -0.3 is 10.1 Å². The van der Waals surface area contributed by atoms with E-state index in [0.29, 0.717) is 6.61 Å². The molecular formula is C17H24N2OS. The highest BCUT2D eigenvalue weighted by molar-refractivity contribution is 7.11. The molecule has 2 aromatic rings. The minimum absolute atomic E-state index is 0.680. The summed E-state index contributed by atoms with van der Waals surface area (Å²) < 4.78 is 5.95. The van der Waals surface area contributed by atoms with Crippen molar-refractivity contribution < 1.29 is 4.74 Å². The lowest BCUT2D eigenvalue weighted by Crippen LogP contribution is -2.11. The van der Waals surface area contributed by atoms with Crippen LogP contribution >= 0.6 is 11.3 Å². The summed E-state index contributed by atoms with van der Waals surface area (Å²) >= 11 is 1.79. The van der Waals surface area contributed by atoms with Crippen LogP contribution in [-0.2, 0) is 13.0 Å². The van der Waals surface area contributed by atoms with Crippen LogP contribution in [0, 0.1) is 20.8 Å². The minimum atomic E-state index is 0.680. The number of nitrogens with one attached hydrogen (secondary N) is 1. The number of aromatic nitrogens is 1. The van der Waals surface area contributed by atoms with Crippen molar-refractivity contribution in [2.24, 2.45) is 0 Å². The molecule has 0 atom stereocenters. The molecule has 1 N–H and O–H groups in total. The summed E-state index contributed by atoms with van der Waals surface area (Å²) in [6, 6.07) is 6.24. The van der Waals surface area contributed by atoms with Crippen LogP contribution in [0.3, 0.4) is 0 Å². The van der Waals surface area contributed by atoms with Crippen LogP contribution in [-0.4, -0.2) is 18.1 Å². The van der Waals surface area contributed by atoms with Gasteiger partial charge in [-0.3, -0.25) is 0 Å². The molecule has 1 aromatic carbocycles. The van der Waals surface area contributed by atoms with E-state index in [1.807, 2.05) is 0 Å². The number of hydrogen-bond donors (Lipinski definition) is 1. The quantitative estimate of drug-likeness (QED) is 0.845. The number of nitrogens with zero attached hydrogens (tertiary/aromatic N) is 1. The summed E-state index contributed by atoms with van der Waals surface area (Å²) in [5.41, 5.74) is 3.53. The molecule has 0 unspecified atom stereocenters. The highest BCUT2D eigenvalue weighted by Gasteiger charge is 2.08. The molecule has 0 aliphatic heterocycles. The first-order valence-corrected chi connectivity index (χ1v) is 8.28. The van der Waals surface area contributed by atoms with Gasteiger partial charge in [0.05, 0.1) is 17.3 Å². The number of thiazole rings is 1. The van der Waals surface area contributed by atoms with Crippen LogP contribution in [0.5, 0.6) is 5.75 Å².